The fraction of sp³-hybridized carbons (Fsp3) is 0.375. The molecule has 0 aliphatic heterocycles. The quantitative estimate of drug-likeness (QED) is 0.578. The van der Waals surface area contributed by atoms with Gasteiger partial charge in [-0.25, -0.2) is 0 Å². The van der Waals surface area contributed by atoms with Crippen LogP contribution in [0.15, 0.2) is 43.1 Å². The highest BCUT2D eigenvalue weighted by Crippen LogP contribution is 2.20. The van der Waals surface area contributed by atoms with Crippen molar-refractivity contribution in [3.8, 4) is 0 Å². The molecule has 0 aliphatic carbocycles. The molecule has 2 nitrogen and oxygen atoms in total. The standard InChI is InChI=1S/C16H22N2/c1-3-5-11-18-12-9-15-14(13-17-10-4-2)7-6-8-16(15)18/h3,6-9,12,17H,1,4-5,10-11,13H2,2H3. The summed E-state index contributed by atoms with van der Waals surface area (Å²) in [4.78, 5) is 0. The highest BCUT2D eigenvalue weighted by atomic mass is 14.9. The first-order valence-electron chi connectivity index (χ1n) is 6.75. The van der Waals surface area contributed by atoms with Gasteiger partial charge < -0.3 is 9.88 Å². The van der Waals surface area contributed by atoms with Crippen molar-refractivity contribution in [1.82, 2.24) is 9.88 Å². The molecule has 2 aromatic rings. The van der Waals surface area contributed by atoms with E-state index in [-0.39, 0.29) is 0 Å². The molecule has 1 N–H and O–H groups in total. The summed E-state index contributed by atoms with van der Waals surface area (Å²) in [6.45, 7) is 9.02. The molecule has 96 valence electrons. The van der Waals surface area contributed by atoms with Gasteiger partial charge >= 0.3 is 0 Å². The van der Waals surface area contributed by atoms with Gasteiger partial charge in [0.2, 0.25) is 0 Å². The first kappa shape index (κ1) is 12.9. The molecule has 0 amide bonds. The summed E-state index contributed by atoms with van der Waals surface area (Å²) in [6.07, 6.45) is 6.34. The monoisotopic (exact) mass is 242 g/mol. The Labute approximate surface area is 109 Å². The van der Waals surface area contributed by atoms with E-state index in [1.807, 2.05) is 6.08 Å². The normalized spacial score (nSPS) is 10.9. The van der Waals surface area contributed by atoms with Gasteiger partial charge in [0.05, 0.1) is 0 Å². The Balaban J connectivity index is 2.21. The van der Waals surface area contributed by atoms with Gasteiger partial charge in [0.1, 0.15) is 0 Å². The second-order valence-corrected chi connectivity index (χ2v) is 4.61. The fourth-order valence-corrected chi connectivity index (χ4v) is 2.27. The zero-order valence-corrected chi connectivity index (χ0v) is 11.2. The Morgan fingerprint density at radius 3 is 3.00 bits per heavy atom. The zero-order chi connectivity index (χ0) is 12.8. The molecule has 0 unspecified atom stereocenters. The van der Waals surface area contributed by atoms with E-state index in [1.165, 1.54) is 22.9 Å². The lowest BCUT2D eigenvalue weighted by molar-refractivity contribution is 0.678. The molecular formula is C16H22N2. The number of benzene rings is 1. The molecule has 0 radical (unpaired) electrons. The van der Waals surface area contributed by atoms with Crippen LogP contribution in [0.5, 0.6) is 0 Å². The lowest BCUT2D eigenvalue weighted by Crippen LogP contribution is -2.13. The summed E-state index contributed by atoms with van der Waals surface area (Å²) < 4.78 is 2.31. The Bertz CT molecular complexity index is 511. The average Bonchev–Trinajstić information content (AvgIpc) is 2.81. The van der Waals surface area contributed by atoms with Crippen LogP contribution in [-0.2, 0) is 13.1 Å². The van der Waals surface area contributed by atoms with Gasteiger partial charge in [-0.1, -0.05) is 25.1 Å². The van der Waals surface area contributed by atoms with E-state index in [2.05, 4.69) is 53.8 Å². The van der Waals surface area contributed by atoms with Crippen molar-refractivity contribution < 1.29 is 0 Å². The van der Waals surface area contributed by atoms with Crippen molar-refractivity contribution in [1.29, 1.82) is 0 Å². The molecule has 0 saturated heterocycles. The van der Waals surface area contributed by atoms with E-state index >= 15 is 0 Å². The molecule has 0 saturated carbocycles. The maximum atomic E-state index is 3.78. The molecule has 0 aliphatic rings. The number of fused-ring (bicyclic) bond motifs is 1. The predicted octanol–water partition coefficient (Wildman–Crippen LogP) is 3.72. The van der Waals surface area contributed by atoms with Crippen LogP contribution in [0.4, 0.5) is 0 Å². The molecule has 2 rings (SSSR count). The molecule has 0 atom stereocenters. The summed E-state index contributed by atoms with van der Waals surface area (Å²) >= 11 is 0. The van der Waals surface area contributed by atoms with Crippen molar-refractivity contribution >= 4 is 10.9 Å². The highest BCUT2D eigenvalue weighted by Gasteiger charge is 2.04. The van der Waals surface area contributed by atoms with Gasteiger partial charge in [0.15, 0.2) is 0 Å². The third-order valence-electron chi connectivity index (χ3n) is 3.22. The lowest BCUT2D eigenvalue weighted by atomic mass is 10.1. The van der Waals surface area contributed by atoms with E-state index in [9.17, 15) is 0 Å². The Kier molecular flexibility index (Phi) is 4.59. The molecule has 1 heterocycles. The summed E-state index contributed by atoms with van der Waals surface area (Å²) in [5, 5.41) is 4.84. The van der Waals surface area contributed by atoms with E-state index in [4.69, 9.17) is 0 Å². The molecule has 18 heavy (non-hydrogen) atoms. The number of nitrogens with zero attached hydrogens (tertiary/aromatic N) is 1. The van der Waals surface area contributed by atoms with Crippen molar-refractivity contribution in [3.63, 3.8) is 0 Å². The predicted molar refractivity (Wildman–Crippen MR) is 78.7 cm³/mol. The summed E-state index contributed by atoms with van der Waals surface area (Å²) in [6, 6.07) is 8.78. The Hall–Kier alpha value is -1.54. The molecule has 0 spiro atoms. The van der Waals surface area contributed by atoms with Gasteiger partial charge in [0.25, 0.3) is 0 Å². The topological polar surface area (TPSA) is 17.0 Å². The van der Waals surface area contributed by atoms with Gasteiger partial charge in [-0.05, 0) is 37.1 Å². The molecule has 1 aromatic carbocycles. The van der Waals surface area contributed by atoms with Crippen LogP contribution in [0.3, 0.4) is 0 Å². The molecule has 0 fully saturated rings. The van der Waals surface area contributed by atoms with E-state index in [1.54, 1.807) is 0 Å². The van der Waals surface area contributed by atoms with E-state index in [0.717, 1.165) is 26.1 Å². The van der Waals surface area contributed by atoms with Crippen LogP contribution < -0.4 is 5.32 Å². The van der Waals surface area contributed by atoms with Crippen LogP contribution in [0.1, 0.15) is 25.3 Å². The van der Waals surface area contributed by atoms with Crippen LogP contribution in [0.25, 0.3) is 10.9 Å². The van der Waals surface area contributed by atoms with Crippen LogP contribution in [-0.4, -0.2) is 11.1 Å². The highest BCUT2D eigenvalue weighted by molar-refractivity contribution is 5.83. The summed E-state index contributed by atoms with van der Waals surface area (Å²) in [7, 11) is 0. The molecule has 2 heteroatoms. The average molecular weight is 242 g/mol. The largest absolute Gasteiger partial charge is 0.347 e. The van der Waals surface area contributed by atoms with E-state index in [0.29, 0.717) is 0 Å². The van der Waals surface area contributed by atoms with Crippen molar-refractivity contribution in [2.24, 2.45) is 0 Å². The smallest absolute Gasteiger partial charge is 0.0483 e. The minimum Gasteiger partial charge on any atom is -0.347 e. The number of hydrogen-bond acceptors (Lipinski definition) is 1. The lowest BCUT2D eigenvalue weighted by Gasteiger charge is -2.07. The van der Waals surface area contributed by atoms with Gasteiger partial charge in [0, 0.05) is 30.2 Å². The number of allylic oxidation sites excluding steroid dienone is 1. The van der Waals surface area contributed by atoms with Gasteiger partial charge in [-0.15, -0.1) is 6.58 Å². The number of aryl methyl sites for hydroxylation is 1. The van der Waals surface area contributed by atoms with Gasteiger partial charge in [-0.2, -0.15) is 0 Å². The minimum absolute atomic E-state index is 0.955. The first-order chi connectivity index (χ1) is 8.86. The van der Waals surface area contributed by atoms with E-state index < -0.39 is 0 Å². The third-order valence-corrected chi connectivity index (χ3v) is 3.22. The maximum absolute atomic E-state index is 3.78. The SMILES string of the molecule is C=CCCn1ccc2c(CNCCC)cccc21. The van der Waals surface area contributed by atoms with Gasteiger partial charge in [-0.3, -0.25) is 0 Å². The summed E-state index contributed by atoms with van der Waals surface area (Å²) in [5.41, 5.74) is 2.71. The van der Waals surface area contributed by atoms with Crippen molar-refractivity contribution in [2.45, 2.75) is 32.9 Å². The second-order valence-electron chi connectivity index (χ2n) is 4.61. The molecule has 1 aromatic heterocycles. The van der Waals surface area contributed by atoms with Crippen LogP contribution >= 0.6 is 0 Å². The third kappa shape index (κ3) is 2.82. The van der Waals surface area contributed by atoms with Crippen LogP contribution in [0.2, 0.25) is 0 Å². The van der Waals surface area contributed by atoms with Crippen molar-refractivity contribution in [2.75, 3.05) is 6.54 Å². The first-order valence-corrected chi connectivity index (χ1v) is 6.75. The molecule has 0 bridgehead atoms. The number of nitrogens with one attached hydrogen (secondary N) is 1. The Morgan fingerprint density at radius 2 is 2.22 bits per heavy atom. The minimum atomic E-state index is 0.955. The number of rotatable bonds is 7. The number of hydrogen-bond donors (Lipinski definition) is 1. The van der Waals surface area contributed by atoms with Crippen molar-refractivity contribution in [3.05, 3.63) is 48.7 Å². The second kappa shape index (κ2) is 6.41. The fourth-order valence-electron chi connectivity index (χ4n) is 2.27. The zero-order valence-electron chi connectivity index (χ0n) is 11.2. The maximum Gasteiger partial charge on any atom is 0.0483 e. The molecular weight excluding hydrogens is 220 g/mol. The van der Waals surface area contributed by atoms with Crippen LogP contribution in [0, 0.1) is 0 Å². The Morgan fingerprint density at radius 1 is 1.33 bits per heavy atom. The summed E-state index contributed by atoms with van der Waals surface area (Å²) in [5.74, 6) is 0. The number of aromatic nitrogens is 1.